The van der Waals surface area contributed by atoms with Gasteiger partial charge in [0.15, 0.2) is 11.6 Å². The summed E-state index contributed by atoms with van der Waals surface area (Å²) in [4.78, 5) is 15.1. The number of rotatable bonds is 5. The average molecular weight is 405 g/mol. The van der Waals surface area contributed by atoms with Gasteiger partial charge in [0.05, 0.1) is 6.54 Å². The van der Waals surface area contributed by atoms with Gasteiger partial charge < -0.3 is 15.0 Å². The maximum atomic E-state index is 15.0. The van der Waals surface area contributed by atoms with Crippen LogP contribution >= 0.6 is 0 Å². The lowest BCUT2D eigenvalue weighted by atomic mass is 10.1. The second kappa shape index (κ2) is 8.10. The first-order valence-corrected chi connectivity index (χ1v) is 9.80. The summed E-state index contributed by atoms with van der Waals surface area (Å²) in [5.41, 5.74) is 3.78. The van der Waals surface area contributed by atoms with Crippen molar-refractivity contribution in [2.24, 2.45) is 4.99 Å². The van der Waals surface area contributed by atoms with Gasteiger partial charge in [0.25, 0.3) is 0 Å². The van der Waals surface area contributed by atoms with Crippen molar-refractivity contribution in [1.82, 2.24) is 9.97 Å². The number of benzene rings is 1. The summed E-state index contributed by atoms with van der Waals surface area (Å²) >= 11 is 0. The summed E-state index contributed by atoms with van der Waals surface area (Å²) in [6, 6.07) is 5.38. The van der Waals surface area contributed by atoms with E-state index >= 15 is 0 Å². The Hall–Kier alpha value is -3.48. The van der Waals surface area contributed by atoms with Crippen molar-refractivity contribution in [2.75, 3.05) is 30.9 Å². The zero-order valence-corrected chi connectivity index (χ0v) is 17.5. The Morgan fingerprint density at radius 3 is 2.80 bits per heavy atom. The maximum absolute atomic E-state index is 15.0. The van der Waals surface area contributed by atoms with Crippen LogP contribution in [0.3, 0.4) is 0 Å². The predicted molar refractivity (Wildman–Crippen MR) is 119 cm³/mol. The number of aliphatic imine (C=N–C) groups is 1. The molecule has 4 rings (SSSR count). The van der Waals surface area contributed by atoms with Crippen LogP contribution in [0.1, 0.15) is 25.0 Å². The third kappa shape index (κ3) is 4.10. The molecule has 1 N–H and O–H groups in total. The van der Waals surface area contributed by atoms with Crippen LogP contribution in [0.2, 0.25) is 0 Å². The summed E-state index contributed by atoms with van der Waals surface area (Å²) in [5, 5.41) is 3.19. The topological polar surface area (TPSA) is 62.6 Å². The first kappa shape index (κ1) is 19.8. The SMILES string of the molecule is C/C=C/C1=CC(Nc2cc(N(C)C)nc(Oc3ccc4c(c3F)C=C(C)C4)n2)=NC1. The Bertz CT molecular complexity index is 1110. The molecule has 0 atom stereocenters. The molecule has 0 unspecified atom stereocenters. The van der Waals surface area contributed by atoms with E-state index in [1.54, 1.807) is 12.1 Å². The van der Waals surface area contributed by atoms with E-state index in [1.807, 2.05) is 63.2 Å². The fourth-order valence-electron chi connectivity index (χ4n) is 3.41. The molecule has 7 heteroatoms. The van der Waals surface area contributed by atoms with E-state index in [4.69, 9.17) is 4.74 Å². The highest BCUT2D eigenvalue weighted by Crippen LogP contribution is 2.34. The van der Waals surface area contributed by atoms with Gasteiger partial charge in [0.1, 0.15) is 17.5 Å². The number of hydrogen-bond acceptors (Lipinski definition) is 6. The Labute approximate surface area is 175 Å². The molecule has 154 valence electrons. The Kier molecular flexibility index (Phi) is 5.35. The summed E-state index contributed by atoms with van der Waals surface area (Å²) in [7, 11) is 3.74. The van der Waals surface area contributed by atoms with Gasteiger partial charge in [-0.3, -0.25) is 4.99 Å². The van der Waals surface area contributed by atoms with Crippen molar-refractivity contribution >= 4 is 23.5 Å². The molecule has 1 aliphatic heterocycles. The Morgan fingerprint density at radius 2 is 2.03 bits per heavy atom. The maximum Gasteiger partial charge on any atom is 0.326 e. The van der Waals surface area contributed by atoms with Crippen molar-refractivity contribution in [3.8, 4) is 11.8 Å². The number of anilines is 2. The zero-order chi connectivity index (χ0) is 21.3. The number of aromatic nitrogens is 2. The van der Waals surface area contributed by atoms with E-state index in [0.717, 1.165) is 23.1 Å². The second-order valence-electron chi connectivity index (χ2n) is 7.55. The van der Waals surface area contributed by atoms with Crippen LogP contribution in [0.5, 0.6) is 11.8 Å². The molecular weight excluding hydrogens is 381 g/mol. The highest BCUT2D eigenvalue weighted by Gasteiger charge is 2.19. The molecule has 1 aromatic carbocycles. The third-order valence-electron chi connectivity index (χ3n) is 4.84. The van der Waals surface area contributed by atoms with E-state index in [1.165, 1.54) is 0 Å². The molecule has 2 aromatic rings. The first-order valence-electron chi connectivity index (χ1n) is 9.80. The molecule has 0 bridgehead atoms. The molecule has 0 amide bonds. The lowest BCUT2D eigenvalue weighted by Crippen LogP contribution is -2.14. The van der Waals surface area contributed by atoms with Gasteiger partial charge in [-0.2, -0.15) is 9.97 Å². The molecule has 0 radical (unpaired) electrons. The lowest BCUT2D eigenvalue weighted by molar-refractivity contribution is 0.411. The van der Waals surface area contributed by atoms with E-state index in [9.17, 15) is 4.39 Å². The van der Waals surface area contributed by atoms with E-state index < -0.39 is 5.82 Å². The summed E-state index contributed by atoms with van der Waals surface area (Å²) in [6.45, 7) is 4.58. The third-order valence-corrected chi connectivity index (χ3v) is 4.84. The van der Waals surface area contributed by atoms with Crippen LogP contribution in [0, 0.1) is 5.82 Å². The number of nitrogens with zero attached hydrogens (tertiary/aromatic N) is 4. The monoisotopic (exact) mass is 405 g/mol. The molecule has 0 fully saturated rings. The molecule has 30 heavy (non-hydrogen) atoms. The van der Waals surface area contributed by atoms with Gasteiger partial charge in [-0.25, -0.2) is 4.39 Å². The highest BCUT2D eigenvalue weighted by atomic mass is 19.1. The summed E-state index contributed by atoms with van der Waals surface area (Å²) in [5.74, 6) is 1.59. The van der Waals surface area contributed by atoms with Crippen molar-refractivity contribution < 1.29 is 9.13 Å². The highest BCUT2D eigenvalue weighted by molar-refractivity contribution is 6.05. The largest absolute Gasteiger partial charge is 0.421 e. The lowest BCUT2D eigenvalue weighted by Gasteiger charge is -2.15. The van der Waals surface area contributed by atoms with Crippen molar-refractivity contribution in [2.45, 2.75) is 20.3 Å². The quantitative estimate of drug-likeness (QED) is 0.777. The van der Waals surface area contributed by atoms with Crippen molar-refractivity contribution in [3.63, 3.8) is 0 Å². The summed E-state index contributed by atoms with van der Waals surface area (Å²) in [6.07, 6.45) is 8.58. The molecular formula is C23H24FN5O. The number of nitrogens with one attached hydrogen (secondary N) is 1. The molecule has 1 aliphatic carbocycles. The van der Waals surface area contributed by atoms with Gasteiger partial charge in [0.2, 0.25) is 0 Å². The van der Waals surface area contributed by atoms with Crippen molar-refractivity contribution in [1.29, 1.82) is 0 Å². The number of ether oxygens (including phenoxy) is 1. The second-order valence-corrected chi connectivity index (χ2v) is 7.55. The van der Waals surface area contributed by atoms with Gasteiger partial charge in [-0.1, -0.05) is 29.9 Å². The number of halogens is 1. The van der Waals surface area contributed by atoms with Gasteiger partial charge in [-0.15, -0.1) is 0 Å². The van der Waals surface area contributed by atoms with E-state index in [-0.39, 0.29) is 11.8 Å². The number of allylic oxidation sites excluding steroid dienone is 2. The number of hydrogen-bond donors (Lipinski definition) is 1. The zero-order valence-electron chi connectivity index (χ0n) is 17.5. The van der Waals surface area contributed by atoms with Gasteiger partial charge in [-0.05, 0) is 43.5 Å². The van der Waals surface area contributed by atoms with Crippen LogP contribution in [0.25, 0.3) is 6.08 Å². The normalized spacial score (nSPS) is 15.0. The molecule has 6 nitrogen and oxygen atoms in total. The summed E-state index contributed by atoms with van der Waals surface area (Å²) < 4.78 is 20.7. The van der Waals surface area contributed by atoms with Gasteiger partial charge in [0, 0.05) is 25.7 Å². The molecule has 0 spiro atoms. The molecule has 2 aliphatic rings. The molecule has 1 aromatic heterocycles. The Balaban J connectivity index is 1.62. The van der Waals surface area contributed by atoms with Crippen LogP contribution < -0.4 is 15.0 Å². The minimum atomic E-state index is -0.392. The molecule has 0 saturated carbocycles. The smallest absolute Gasteiger partial charge is 0.326 e. The van der Waals surface area contributed by atoms with Crippen LogP contribution in [-0.4, -0.2) is 36.4 Å². The van der Waals surface area contributed by atoms with Crippen LogP contribution in [0.4, 0.5) is 16.0 Å². The predicted octanol–water partition coefficient (Wildman–Crippen LogP) is 4.76. The first-order chi connectivity index (χ1) is 14.4. The molecule has 0 saturated heterocycles. The van der Waals surface area contributed by atoms with Crippen molar-refractivity contribution in [3.05, 3.63) is 64.5 Å². The Morgan fingerprint density at radius 1 is 1.20 bits per heavy atom. The average Bonchev–Trinajstić information content (AvgIpc) is 3.30. The fourth-order valence-corrected chi connectivity index (χ4v) is 3.41. The number of amidine groups is 1. The van der Waals surface area contributed by atoms with Crippen LogP contribution in [0.15, 0.2) is 52.6 Å². The molecule has 2 heterocycles. The fraction of sp³-hybridized carbons (Fsp3) is 0.261. The minimum Gasteiger partial charge on any atom is -0.421 e. The van der Waals surface area contributed by atoms with E-state index in [0.29, 0.717) is 29.6 Å². The van der Waals surface area contributed by atoms with Gasteiger partial charge >= 0.3 is 6.01 Å². The van der Waals surface area contributed by atoms with E-state index in [2.05, 4.69) is 20.3 Å². The minimum absolute atomic E-state index is 0.0671. The van der Waals surface area contributed by atoms with Crippen LogP contribution in [-0.2, 0) is 6.42 Å². The standard InChI is InChI=1S/C23H24FN5O/c1-5-6-15-11-19(25-13-15)26-20-12-21(29(3)4)28-23(27-20)30-18-8-7-16-9-14(2)10-17(16)22(18)24/h5-8,10-12H,9,13H2,1-4H3,(H,25,26,27,28)/b6-5+. The number of fused-ring (bicyclic) bond motifs is 1.